The molecule has 0 unspecified atom stereocenters. The Labute approximate surface area is 108 Å². The van der Waals surface area contributed by atoms with Crippen LogP contribution in [0.2, 0.25) is 0 Å². The second-order valence-electron chi connectivity index (χ2n) is 2.35. The summed E-state index contributed by atoms with van der Waals surface area (Å²) in [6.45, 7) is 0. The molecule has 0 bridgehead atoms. The van der Waals surface area contributed by atoms with Crippen molar-refractivity contribution in [3.8, 4) is 5.75 Å². The predicted octanol–water partition coefficient (Wildman–Crippen LogP) is 0.286. The monoisotopic (exact) mass is 307 g/mol. The largest absolute Gasteiger partial charge is 0.506 e. The molecule has 0 saturated heterocycles. The molecule has 6 heteroatoms. The van der Waals surface area contributed by atoms with Crippen LogP contribution in [0.4, 0.5) is 0 Å². The molecule has 1 aromatic heterocycles. The summed E-state index contributed by atoms with van der Waals surface area (Å²) in [5.41, 5.74) is 0.662. The van der Waals surface area contributed by atoms with Crippen molar-refractivity contribution >= 4 is 10.9 Å². The van der Waals surface area contributed by atoms with Crippen LogP contribution in [0.15, 0.2) is 36.5 Å². The summed E-state index contributed by atoms with van der Waals surface area (Å²) in [4.78, 5) is 4.03. The van der Waals surface area contributed by atoms with Crippen molar-refractivity contribution in [3.05, 3.63) is 36.5 Å². The van der Waals surface area contributed by atoms with E-state index in [4.69, 9.17) is 0 Å². The first kappa shape index (κ1) is 19.9. The van der Waals surface area contributed by atoms with Gasteiger partial charge in [-0.2, -0.15) is 0 Å². The van der Waals surface area contributed by atoms with Crippen LogP contribution in [0.3, 0.4) is 0 Å². The molecule has 5 N–H and O–H groups in total. The molecular weight excluding hydrogens is 297 g/mol. The number of hydrogen-bond acceptors (Lipinski definition) is 2. The van der Waals surface area contributed by atoms with Gasteiger partial charge in [0.15, 0.2) is 0 Å². The number of benzene rings is 1. The van der Waals surface area contributed by atoms with Gasteiger partial charge in [0.25, 0.3) is 0 Å². The molecule has 92 valence electrons. The van der Waals surface area contributed by atoms with Crippen LogP contribution in [-0.4, -0.2) is 21.0 Å². The quantitative estimate of drug-likeness (QED) is 0.708. The number of hydrogen-bond donors (Lipinski definition) is 1. The van der Waals surface area contributed by atoms with E-state index in [0.29, 0.717) is 5.52 Å². The smallest absolute Gasteiger partial charge is 0.141 e. The number of pyridine rings is 1. The van der Waals surface area contributed by atoms with Crippen LogP contribution in [0.1, 0.15) is 0 Å². The van der Waals surface area contributed by atoms with Gasteiger partial charge in [-0.3, -0.25) is 4.98 Å². The molecule has 2 aromatic rings. The summed E-state index contributed by atoms with van der Waals surface area (Å²) in [5.74, 6) is 0.239. The first-order valence-corrected chi connectivity index (χ1v) is 3.40. The number of rotatable bonds is 0. The van der Waals surface area contributed by atoms with Gasteiger partial charge in [-0.1, -0.05) is 18.2 Å². The molecule has 15 heavy (non-hydrogen) atoms. The average molecular weight is 308 g/mol. The minimum absolute atomic E-state index is 0. The summed E-state index contributed by atoms with van der Waals surface area (Å²) in [6, 6.07) is 9.13. The number of aromatic nitrogens is 1. The molecule has 1 aromatic carbocycles. The molecule has 0 amide bonds. The van der Waals surface area contributed by atoms with E-state index in [2.05, 4.69) is 4.98 Å². The van der Waals surface area contributed by atoms with E-state index in [1.165, 1.54) is 0 Å². The van der Waals surface area contributed by atoms with E-state index in [-0.39, 0.29) is 50.8 Å². The fourth-order valence-corrected chi connectivity index (χ4v) is 1.09. The minimum atomic E-state index is 0. The zero-order valence-electron chi connectivity index (χ0n) is 7.46. The Morgan fingerprint density at radius 1 is 0.933 bits per heavy atom. The van der Waals surface area contributed by atoms with Crippen molar-refractivity contribution in [2.45, 2.75) is 0 Å². The van der Waals surface area contributed by atoms with Crippen LogP contribution < -0.4 is 0 Å². The molecule has 0 fully saturated rings. The third-order valence-electron chi connectivity index (χ3n) is 1.61. The SMILES string of the molecule is O.O.Oc1cccc2cccnc12.[Cu].[Cu]. The Hall–Kier alpha value is -0.611. The minimum Gasteiger partial charge on any atom is -0.506 e. The Morgan fingerprint density at radius 3 is 2.13 bits per heavy atom. The predicted molar refractivity (Wildman–Crippen MR) is 50.6 cm³/mol. The van der Waals surface area contributed by atoms with Gasteiger partial charge < -0.3 is 16.1 Å². The van der Waals surface area contributed by atoms with Crippen molar-refractivity contribution in [3.63, 3.8) is 0 Å². The maximum absolute atomic E-state index is 9.31. The molecule has 2 radical (unpaired) electrons. The summed E-state index contributed by atoms with van der Waals surface area (Å²) < 4.78 is 0. The van der Waals surface area contributed by atoms with Crippen molar-refractivity contribution in [2.24, 2.45) is 0 Å². The maximum Gasteiger partial charge on any atom is 0.141 e. The van der Waals surface area contributed by atoms with Crippen LogP contribution >= 0.6 is 0 Å². The molecule has 1 heterocycles. The number of fused-ring (bicyclic) bond motifs is 1. The van der Waals surface area contributed by atoms with Crippen LogP contribution in [0.25, 0.3) is 10.9 Å². The zero-order valence-corrected chi connectivity index (χ0v) is 9.34. The number of phenols is 1. The van der Waals surface area contributed by atoms with Gasteiger partial charge in [0.05, 0.1) is 0 Å². The second kappa shape index (κ2) is 8.68. The molecule has 0 saturated carbocycles. The van der Waals surface area contributed by atoms with E-state index >= 15 is 0 Å². The molecule has 4 nitrogen and oxygen atoms in total. The van der Waals surface area contributed by atoms with Gasteiger partial charge in [0.1, 0.15) is 11.3 Å². The Kier molecular flexibility index (Phi) is 11.5. The van der Waals surface area contributed by atoms with Crippen molar-refractivity contribution in [2.75, 3.05) is 0 Å². The second-order valence-corrected chi connectivity index (χ2v) is 2.35. The normalized spacial score (nSPS) is 7.47. The van der Waals surface area contributed by atoms with Crippen molar-refractivity contribution in [1.29, 1.82) is 0 Å². The molecule has 0 spiro atoms. The van der Waals surface area contributed by atoms with Gasteiger partial charge in [0.2, 0.25) is 0 Å². The van der Waals surface area contributed by atoms with Gasteiger partial charge in [-0.05, 0) is 12.1 Å². The molecule has 0 aliphatic heterocycles. The Morgan fingerprint density at radius 2 is 1.53 bits per heavy atom. The molecule has 0 aliphatic rings. The summed E-state index contributed by atoms with van der Waals surface area (Å²) in [6.07, 6.45) is 1.67. The van der Waals surface area contributed by atoms with Gasteiger partial charge >= 0.3 is 0 Å². The summed E-state index contributed by atoms with van der Waals surface area (Å²) >= 11 is 0. The standard InChI is InChI=1S/C9H7NO.2Cu.2H2O/c11-8-5-1-3-7-4-2-6-10-9(7)8;;;;/h1-6,11H;;;2*1H2. The number of nitrogens with zero attached hydrogens (tertiary/aromatic N) is 1. The van der Waals surface area contributed by atoms with E-state index < -0.39 is 0 Å². The van der Waals surface area contributed by atoms with Crippen molar-refractivity contribution in [1.82, 2.24) is 4.98 Å². The van der Waals surface area contributed by atoms with Crippen LogP contribution in [0.5, 0.6) is 5.75 Å². The Bertz CT molecular complexity index is 393. The fourth-order valence-electron chi connectivity index (χ4n) is 1.09. The van der Waals surface area contributed by atoms with Crippen LogP contribution in [-0.2, 0) is 34.1 Å². The van der Waals surface area contributed by atoms with Gasteiger partial charge in [-0.15, -0.1) is 0 Å². The third-order valence-corrected chi connectivity index (χ3v) is 1.61. The van der Waals surface area contributed by atoms with E-state index in [1.807, 2.05) is 18.2 Å². The van der Waals surface area contributed by atoms with Crippen molar-refractivity contribution < 1.29 is 50.2 Å². The average Bonchev–Trinajstić information content (AvgIpc) is 2.06. The van der Waals surface area contributed by atoms with E-state index in [1.54, 1.807) is 18.3 Å². The Balaban J connectivity index is -0.000000360. The molecular formula is C9H11Cu2NO3. The van der Waals surface area contributed by atoms with E-state index in [0.717, 1.165) is 5.39 Å². The van der Waals surface area contributed by atoms with Crippen LogP contribution in [0, 0.1) is 0 Å². The van der Waals surface area contributed by atoms with E-state index in [9.17, 15) is 5.11 Å². The van der Waals surface area contributed by atoms with Gasteiger partial charge in [-0.25, -0.2) is 0 Å². The molecule has 0 atom stereocenters. The first-order chi connectivity index (χ1) is 5.38. The number of phenolic OH excluding ortho intramolecular Hbond substituents is 1. The third kappa shape index (κ3) is 4.18. The topological polar surface area (TPSA) is 96.1 Å². The molecule has 0 aliphatic carbocycles. The summed E-state index contributed by atoms with van der Waals surface area (Å²) in [5, 5.41) is 10.3. The zero-order chi connectivity index (χ0) is 7.68. The first-order valence-electron chi connectivity index (χ1n) is 3.40. The maximum atomic E-state index is 9.31. The number of aromatic hydroxyl groups is 1. The fraction of sp³-hybridized carbons (Fsp3) is 0. The number of para-hydroxylation sites is 1. The molecule has 2 rings (SSSR count). The van der Waals surface area contributed by atoms with Gasteiger partial charge in [0, 0.05) is 45.7 Å². The summed E-state index contributed by atoms with van der Waals surface area (Å²) in [7, 11) is 0.